The van der Waals surface area contributed by atoms with Gasteiger partial charge in [0.15, 0.2) is 0 Å². The van der Waals surface area contributed by atoms with Crippen molar-refractivity contribution < 1.29 is 4.79 Å². The van der Waals surface area contributed by atoms with Crippen LogP contribution in [0.2, 0.25) is 0 Å². The fourth-order valence-corrected chi connectivity index (χ4v) is 1.37. The Morgan fingerprint density at radius 2 is 2.12 bits per heavy atom. The number of carbonyl (C=O) groups excluding carboxylic acids is 1. The van der Waals surface area contributed by atoms with Crippen LogP contribution in [-0.4, -0.2) is 5.91 Å². The molecule has 3 nitrogen and oxygen atoms in total. The van der Waals surface area contributed by atoms with Crippen molar-refractivity contribution in [2.24, 2.45) is 0 Å². The number of hydrogen-bond donors (Lipinski definition) is 2. The van der Waals surface area contributed by atoms with E-state index in [0.717, 1.165) is 11.3 Å². The van der Waals surface area contributed by atoms with Gasteiger partial charge in [-0.1, -0.05) is 12.1 Å². The molecule has 0 saturated carbocycles. The first-order valence-corrected chi connectivity index (χ1v) is 5.21. The minimum Gasteiger partial charge on any atom is -0.399 e. The van der Waals surface area contributed by atoms with Crippen molar-refractivity contribution in [3.8, 4) is 12.3 Å². The zero-order chi connectivity index (χ0) is 12.0. The Hall–Kier alpha value is -1.95. The van der Waals surface area contributed by atoms with Crippen molar-refractivity contribution in [1.29, 1.82) is 0 Å². The topological polar surface area (TPSA) is 55.1 Å². The highest BCUT2D eigenvalue weighted by molar-refractivity contribution is 5.76. The molecule has 3 N–H and O–H groups in total. The van der Waals surface area contributed by atoms with Gasteiger partial charge < -0.3 is 11.1 Å². The van der Waals surface area contributed by atoms with Gasteiger partial charge in [0, 0.05) is 18.5 Å². The molecule has 0 aliphatic rings. The highest BCUT2D eigenvalue weighted by Gasteiger charge is 2.08. The van der Waals surface area contributed by atoms with Crippen LogP contribution in [0.1, 0.15) is 31.4 Å². The minimum absolute atomic E-state index is 0.0223. The molecule has 0 spiro atoms. The van der Waals surface area contributed by atoms with E-state index in [-0.39, 0.29) is 11.9 Å². The summed E-state index contributed by atoms with van der Waals surface area (Å²) in [7, 11) is 0. The van der Waals surface area contributed by atoms with Crippen molar-refractivity contribution >= 4 is 11.6 Å². The second kappa shape index (κ2) is 5.82. The highest BCUT2D eigenvalue weighted by atomic mass is 16.1. The van der Waals surface area contributed by atoms with E-state index in [9.17, 15) is 4.79 Å². The molecular formula is C13H16N2O. The fraction of sp³-hybridized carbons (Fsp3) is 0.308. The lowest BCUT2D eigenvalue weighted by molar-refractivity contribution is -0.121. The number of benzene rings is 1. The third kappa shape index (κ3) is 3.66. The zero-order valence-electron chi connectivity index (χ0n) is 9.36. The summed E-state index contributed by atoms with van der Waals surface area (Å²) in [6.45, 7) is 1.93. The van der Waals surface area contributed by atoms with E-state index in [2.05, 4.69) is 11.2 Å². The summed E-state index contributed by atoms with van der Waals surface area (Å²) >= 11 is 0. The average Bonchev–Trinajstić information content (AvgIpc) is 2.27. The normalized spacial score (nSPS) is 11.5. The number of nitrogen functional groups attached to an aromatic ring is 1. The van der Waals surface area contributed by atoms with Gasteiger partial charge >= 0.3 is 0 Å². The summed E-state index contributed by atoms with van der Waals surface area (Å²) in [6, 6.07) is 7.42. The number of hydrogen-bond acceptors (Lipinski definition) is 2. The maximum Gasteiger partial charge on any atom is 0.221 e. The number of terminal acetylenes is 1. The summed E-state index contributed by atoms with van der Waals surface area (Å²) < 4.78 is 0. The molecule has 1 aromatic rings. The van der Waals surface area contributed by atoms with Gasteiger partial charge in [0.2, 0.25) is 5.91 Å². The zero-order valence-corrected chi connectivity index (χ0v) is 9.36. The Balaban J connectivity index is 2.52. The number of rotatable bonds is 4. The number of nitrogens with two attached hydrogens (primary N) is 1. The van der Waals surface area contributed by atoms with E-state index in [1.165, 1.54) is 0 Å². The summed E-state index contributed by atoms with van der Waals surface area (Å²) in [5.41, 5.74) is 7.33. The average molecular weight is 216 g/mol. The predicted molar refractivity (Wildman–Crippen MR) is 65.5 cm³/mol. The molecule has 3 heteroatoms. The molecule has 1 amide bonds. The summed E-state index contributed by atoms with van der Waals surface area (Å²) in [5, 5.41) is 2.88. The number of anilines is 1. The quantitative estimate of drug-likeness (QED) is 0.596. The number of amides is 1. The lowest BCUT2D eigenvalue weighted by Gasteiger charge is -2.14. The molecule has 1 aromatic carbocycles. The maximum absolute atomic E-state index is 11.4. The summed E-state index contributed by atoms with van der Waals surface area (Å²) in [4.78, 5) is 11.4. The molecular weight excluding hydrogens is 200 g/mol. The van der Waals surface area contributed by atoms with E-state index in [1.807, 2.05) is 31.2 Å². The molecule has 0 aliphatic heterocycles. The first-order chi connectivity index (χ1) is 7.63. The predicted octanol–water partition coefficient (Wildman–Crippen LogP) is 1.86. The molecule has 0 saturated heterocycles. The first-order valence-electron chi connectivity index (χ1n) is 5.21. The molecule has 0 bridgehead atoms. The molecule has 1 atom stereocenters. The number of carbonyl (C=O) groups is 1. The third-order valence-electron chi connectivity index (χ3n) is 2.31. The van der Waals surface area contributed by atoms with Crippen LogP contribution in [0.5, 0.6) is 0 Å². The molecule has 0 aromatic heterocycles. The first kappa shape index (κ1) is 12.1. The van der Waals surface area contributed by atoms with Gasteiger partial charge in [0.1, 0.15) is 0 Å². The van der Waals surface area contributed by atoms with E-state index in [1.54, 1.807) is 0 Å². The van der Waals surface area contributed by atoms with E-state index < -0.39 is 0 Å². The van der Waals surface area contributed by atoms with Gasteiger partial charge in [-0.25, -0.2) is 0 Å². The van der Waals surface area contributed by atoms with Crippen LogP contribution in [0.15, 0.2) is 24.3 Å². The Bertz CT molecular complexity index is 389. The van der Waals surface area contributed by atoms with Gasteiger partial charge in [-0.2, -0.15) is 0 Å². The Kier molecular flexibility index (Phi) is 4.41. The molecule has 84 valence electrons. The van der Waals surface area contributed by atoms with E-state index in [4.69, 9.17) is 12.2 Å². The standard InChI is InChI=1S/C13H16N2O/c1-3-4-5-13(16)15-10(2)11-6-8-12(14)9-7-11/h1,6-10H,4-5,14H2,2H3,(H,15,16). The molecule has 1 rings (SSSR count). The number of nitrogens with one attached hydrogen (secondary N) is 1. The minimum atomic E-state index is -0.0257. The Labute approximate surface area is 96.0 Å². The van der Waals surface area contributed by atoms with Crippen LogP contribution in [0.25, 0.3) is 0 Å². The van der Waals surface area contributed by atoms with Gasteiger partial charge in [-0.3, -0.25) is 4.79 Å². The van der Waals surface area contributed by atoms with Gasteiger partial charge in [-0.15, -0.1) is 12.3 Å². The highest BCUT2D eigenvalue weighted by Crippen LogP contribution is 2.14. The Morgan fingerprint density at radius 3 is 2.69 bits per heavy atom. The van der Waals surface area contributed by atoms with Crippen LogP contribution < -0.4 is 11.1 Å². The van der Waals surface area contributed by atoms with Crippen molar-refractivity contribution in [2.75, 3.05) is 5.73 Å². The van der Waals surface area contributed by atoms with Crippen LogP contribution in [0, 0.1) is 12.3 Å². The third-order valence-corrected chi connectivity index (χ3v) is 2.31. The molecule has 0 radical (unpaired) electrons. The molecule has 1 unspecified atom stereocenters. The molecule has 0 aliphatic carbocycles. The largest absolute Gasteiger partial charge is 0.399 e. The van der Waals surface area contributed by atoms with Crippen LogP contribution in [0.4, 0.5) is 5.69 Å². The SMILES string of the molecule is C#CCCC(=O)NC(C)c1ccc(N)cc1. The maximum atomic E-state index is 11.4. The molecule has 16 heavy (non-hydrogen) atoms. The van der Waals surface area contributed by atoms with Crippen LogP contribution >= 0.6 is 0 Å². The Morgan fingerprint density at radius 1 is 1.50 bits per heavy atom. The van der Waals surface area contributed by atoms with Crippen LogP contribution in [0.3, 0.4) is 0 Å². The molecule has 0 fully saturated rings. The van der Waals surface area contributed by atoms with Crippen molar-refractivity contribution in [3.63, 3.8) is 0 Å². The molecule has 0 heterocycles. The van der Waals surface area contributed by atoms with Gasteiger partial charge in [0.25, 0.3) is 0 Å². The fourth-order valence-electron chi connectivity index (χ4n) is 1.37. The lowest BCUT2D eigenvalue weighted by Crippen LogP contribution is -2.26. The summed E-state index contributed by atoms with van der Waals surface area (Å²) in [6.07, 6.45) is 5.93. The van der Waals surface area contributed by atoms with Crippen molar-refractivity contribution in [3.05, 3.63) is 29.8 Å². The lowest BCUT2D eigenvalue weighted by atomic mass is 10.1. The second-order valence-electron chi connectivity index (χ2n) is 3.66. The van der Waals surface area contributed by atoms with Crippen LogP contribution in [-0.2, 0) is 4.79 Å². The van der Waals surface area contributed by atoms with Gasteiger partial charge in [-0.05, 0) is 24.6 Å². The van der Waals surface area contributed by atoms with Crippen molar-refractivity contribution in [1.82, 2.24) is 5.32 Å². The van der Waals surface area contributed by atoms with Crippen molar-refractivity contribution in [2.45, 2.75) is 25.8 Å². The van der Waals surface area contributed by atoms with Gasteiger partial charge in [0.05, 0.1) is 6.04 Å². The smallest absolute Gasteiger partial charge is 0.221 e. The monoisotopic (exact) mass is 216 g/mol. The van der Waals surface area contributed by atoms with E-state index >= 15 is 0 Å². The van der Waals surface area contributed by atoms with E-state index in [0.29, 0.717) is 12.8 Å². The summed E-state index contributed by atoms with van der Waals surface area (Å²) in [5.74, 6) is 2.42. The second-order valence-corrected chi connectivity index (χ2v) is 3.66.